The quantitative estimate of drug-likeness (QED) is 0.416. The van der Waals surface area contributed by atoms with Crippen molar-refractivity contribution in [3.05, 3.63) is 89.5 Å². The Labute approximate surface area is 206 Å². The summed E-state index contributed by atoms with van der Waals surface area (Å²) in [6.45, 7) is 7.43. The van der Waals surface area contributed by atoms with E-state index in [9.17, 15) is 18.0 Å². The lowest BCUT2D eigenvalue weighted by molar-refractivity contribution is -0.114. The molecule has 0 unspecified atom stereocenters. The minimum Gasteiger partial charge on any atom is -0.462 e. The maximum atomic E-state index is 13.5. The van der Waals surface area contributed by atoms with Gasteiger partial charge < -0.3 is 10.1 Å². The van der Waals surface area contributed by atoms with Gasteiger partial charge in [0.1, 0.15) is 6.54 Å². The highest BCUT2D eigenvalue weighted by Crippen LogP contribution is 2.26. The van der Waals surface area contributed by atoms with Crippen molar-refractivity contribution in [3.8, 4) is 0 Å². The molecular weight excluding hydrogens is 464 g/mol. The Kier molecular flexibility index (Phi) is 8.30. The highest BCUT2D eigenvalue weighted by molar-refractivity contribution is 7.92. The SMILES string of the molecule is CCOC(=O)c1ccc(NC(=O)CN(c2ccc(C(C)C)cc2)S(=O)(=O)c2ccccc2)c(C)c1. The summed E-state index contributed by atoms with van der Waals surface area (Å²) in [6, 6.07) is 20.0. The van der Waals surface area contributed by atoms with Gasteiger partial charge in [0.15, 0.2) is 0 Å². The van der Waals surface area contributed by atoms with Gasteiger partial charge in [0.25, 0.3) is 10.0 Å². The van der Waals surface area contributed by atoms with Gasteiger partial charge in [0, 0.05) is 5.69 Å². The van der Waals surface area contributed by atoms with Crippen molar-refractivity contribution in [1.29, 1.82) is 0 Å². The number of ether oxygens (including phenoxy) is 1. The van der Waals surface area contributed by atoms with Gasteiger partial charge >= 0.3 is 5.97 Å². The van der Waals surface area contributed by atoms with E-state index in [2.05, 4.69) is 19.2 Å². The molecule has 1 N–H and O–H groups in total. The van der Waals surface area contributed by atoms with Gasteiger partial charge in [-0.05, 0) is 73.4 Å². The molecule has 0 aromatic heterocycles. The molecule has 0 aliphatic rings. The first-order valence-electron chi connectivity index (χ1n) is 11.4. The number of sulfonamides is 1. The van der Waals surface area contributed by atoms with Crippen molar-refractivity contribution in [2.45, 2.75) is 38.5 Å². The number of carbonyl (C=O) groups excluding carboxylic acids is 2. The van der Waals surface area contributed by atoms with Gasteiger partial charge in [-0.3, -0.25) is 9.10 Å². The Morgan fingerprint density at radius 3 is 2.20 bits per heavy atom. The predicted molar refractivity (Wildman–Crippen MR) is 137 cm³/mol. The Morgan fingerprint density at radius 2 is 1.63 bits per heavy atom. The number of carbonyl (C=O) groups is 2. The summed E-state index contributed by atoms with van der Waals surface area (Å²) in [5, 5.41) is 2.76. The summed E-state index contributed by atoms with van der Waals surface area (Å²) in [5.74, 6) is -0.671. The van der Waals surface area contributed by atoms with Crippen LogP contribution in [0.3, 0.4) is 0 Å². The number of anilines is 2. The van der Waals surface area contributed by atoms with Crippen molar-refractivity contribution in [2.24, 2.45) is 0 Å². The van der Waals surface area contributed by atoms with Crippen LogP contribution in [0.1, 0.15) is 48.2 Å². The molecule has 35 heavy (non-hydrogen) atoms. The third kappa shape index (κ3) is 6.27. The largest absolute Gasteiger partial charge is 0.462 e. The molecule has 0 bridgehead atoms. The zero-order valence-corrected chi connectivity index (χ0v) is 21.1. The Hall–Kier alpha value is -3.65. The second kappa shape index (κ2) is 11.2. The molecule has 3 aromatic rings. The van der Waals surface area contributed by atoms with Gasteiger partial charge in [-0.2, -0.15) is 0 Å². The Bertz CT molecular complexity index is 1290. The van der Waals surface area contributed by atoms with E-state index in [4.69, 9.17) is 4.74 Å². The molecule has 8 heteroatoms. The minimum atomic E-state index is -4.00. The molecule has 1 amide bonds. The van der Waals surface area contributed by atoms with Crippen LogP contribution in [-0.4, -0.2) is 33.4 Å². The first-order chi connectivity index (χ1) is 16.6. The molecule has 0 spiro atoms. The summed E-state index contributed by atoms with van der Waals surface area (Å²) in [4.78, 5) is 25.1. The lowest BCUT2D eigenvalue weighted by Gasteiger charge is -2.24. The monoisotopic (exact) mass is 494 g/mol. The van der Waals surface area contributed by atoms with E-state index in [1.165, 1.54) is 12.1 Å². The van der Waals surface area contributed by atoms with Crippen molar-refractivity contribution in [2.75, 3.05) is 22.8 Å². The standard InChI is InChI=1S/C27H30N2O5S/c1-5-34-27(31)22-13-16-25(20(4)17-22)28-26(30)18-29(23-14-11-21(12-15-23)19(2)3)35(32,33)24-9-7-6-8-10-24/h6-17,19H,5,18H2,1-4H3,(H,28,30). The molecule has 184 valence electrons. The van der Waals surface area contributed by atoms with E-state index in [1.807, 2.05) is 12.1 Å². The van der Waals surface area contributed by atoms with Crippen LogP contribution in [0.4, 0.5) is 11.4 Å². The molecule has 0 atom stereocenters. The van der Waals surface area contributed by atoms with Crippen LogP contribution < -0.4 is 9.62 Å². The zero-order valence-electron chi connectivity index (χ0n) is 20.3. The highest BCUT2D eigenvalue weighted by Gasteiger charge is 2.27. The van der Waals surface area contributed by atoms with Crippen LogP contribution in [0.15, 0.2) is 77.7 Å². The number of hydrogen-bond acceptors (Lipinski definition) is 5. The van der Waals surface area contributed by atoms with Gasteiger partial charge in [0.05, 0.1) is 22.8 Å². The fourth-order valence-electron chi connectivity index (χ4n) is 3.53. The van der Waals surface area contributed by atoms with Crippen LogP contribution in [-0.2, 0) is 19.6 Å². The van der Waals surface area contributed by atoms with Gasteiger partial charge in [-0.1, -0.05) is 44.2 Å². The number of hydrogen-bond donors (Lipinski definition) is 1. The molecule has 0 aliphatic heterocycles. The number of amides is 1. The second-order valence-electron chi connectivity index (χ2n) is 8.37. The number of nitrogens with one attached hydrogen (secondary N) is 1. The number of esters is 1. The molecule has 0 saturated carbocycles. The lowest BCUT2D eigenvalue weighted by Crippen LogP contribution is -2.38. The Morgan fingerprint density at radius 1 is 0.971 bits per heavy atom. The summed E-state index contributed by atoms with van der Waals surface area (Å²) in [7, 11) is -4.00. The van der Waals surface area contributed by atoms with E-state index in [0.29, 0.717) is 22.5 Å². The zero-order chi connectivity index (χ0) is 25.6. The third-order valence-corrected chi connectivity index (χ3v) is 7.27. The van der Waals surface area contributed by atoms with E-state index in [0.717, 1.165) is 9.87 Å². The number of aryl methyl sites for hydroxylation is 1. The van der Waals surface area contributed by atoms with Gasteiger partial charge in [-0.25, -0.2) is 13.2 Å². The normalized spacial score (nSPS) is 11.2. The molecule has 0 heterocycles. The van der Waals surface area contributed by atoms with Crippen LogP contribution in [0.25, 0.3) is 0 Å². The molecule has 0 aliphatic carbocycles. The number of benzene rings is 3. The topological polar surface area (TPSA) is 92.8 Å². The van der Waals surface area contributed by atoms with E-state index >= 15 is 0 Å². The molecule has 7 nitrogen and oxygen atoms in total. The molecule has 0 radical (unpaired) electrons. The molecule has 3 rings (SSSR count). The second-order valence-corrected chi connectivity index (χ2v) is 10.2. The summed E-state index contributed by atoms with van der Waals surface area (Å²) < 4.78 is 33.1. The smallest absolute Gasteiger partial charge is 0.338 e. The average Bonchev–Trinajstić information content (AvgIpc) is 2.84. The van der Waals surface area contributed by atoms with Crippen molar-refractivity contribution in [1.82, 2.24) is 0 Å². The van der Waals surface area contributed by atoms with Crippen LogP contribution in [0.2, 0.25) is 0 Å². The van der Waals surface area contributed by atoms with E-state index in [-0.39, 0.29) is 17.4 Å². The third-order valence-electron chi connectivity index (χ3n) is 5.48. The maximum Gasteiger partial charge on any atom is 0.338 e. The van der Waals surface area contributed by atoms with Gasteiger partial charge in [0.2, 0.25) is 5.91 Å². The first-order valence-corrected chi connectivity index (χ1v) is 12.8. The van der Waals surface area contributed by atoms with Crippen molar-refractivity contribution in [3.63, 3.8) is 0 Å². The summed E-state index contributed by atoms with van der Waals surface area (Å²) in [6.07, 6.45) is 0. The molecule has 3 aromatic carbocycles. The summed E-state index contributed by atoms with van der Waals surface area (Å²) >= 11 is 0. The fraction of sp³-hybridized carbons (Fsp3) is 0.259. The molecule has 0 fully saturated rings. The summed E-state index contributed by atoms with van der Waals surface area (Å²) in [5.41, 5.74) is 2.97. The minimum absolute atomic E-state index is 0.0932. The van der Waals surface area contributed by atoms with E-state index < -0.39 is 28.4 Å². The lowest BCUT2D eigenvalue weighted by atomic mass is 10.0. The predicted octanol–water partition coefficient (Wildman–Crippen LogP) is 5.13. The Balaban J connectivity index is 1.89. The van der Waals surface area contributed by atoms with Crippen LogP contribution in [0.5, 0.6) is 0 Å². The van der Waals surface area contributed by atoms with Crippen molar-refractivity contribution >= 4 is 33.3 Å². The van der Waals surface area contributed by atoms with Crippen LogP contribution >= 0.6 is 0 Å². The van der Waals surface area contributed by atoms with E-state index in [1.54, 1.807) is 62.4 Å². The van der Waals surface area contributed by atoms with Crippen molar-refractivity contribution < 1.29 is 22.7 Å². The fourth-order valence-corrected chi connectivity index (χ4v) is 4.97. The maximum absolute atomic E-state index is 13.5. The molecular formula is C27H30N2O5S. The molecule has 0 saturated heterocycles. The number of nitrogens with zero attached hydrogens (tertiary/aromatic N) is 1. The first kappa shape index (κ1) is 26.0. The number of rotatable bonds is 9. The highest BCUT2D eigenvalue weighted by atomic mass is 32.2. The van der Waals surface area contributed by atoms with Gasteiger partial charge in [-0.15, -0.1) is 0 Å². The van der Waals surface area contributed by atoms with Crippen LogP contribution in [0, 0.1) is 6.92 Å². The average molecular weight is 495 g/mol.